The van der Waals surface area contributed by atoms with E-state index in [1.54, 1.807) is 36.7 Å². The van der Waals surface area contributed by atoms with Gasteiger partial charge in [0.2, 0.25) is 5.95 Å². The number of nitrogens with zero attached hydrogens (tertiary/aromatic N) is 3. The van der Waals surface area contributed by atoms with Crippen molar-refractivity contribution in [2.75, 3.05) is 23.3 Å². The van der Waals surface area contributed by atoms with E-state index in [4.69, 9.17) is 4.74 Å². The summed E-state index contributed by atoms with van der Waals surface area (Å²) < 4.78 is 18.7. The van der Waals surface area contributed by atoms with Crippen molar-refractivity contribution < 1.29 is 13.9 Å². The lowest BCUT2D eigenvalue weighted by Crippen LogP contribution is -2.20. The Morgan fingerprint density at radius 1 is 1.00 bits per heavy atom. The second-order valence-corrected chi connectivity index (χ2v) is 6.50. The molecule has 1 aromatic heterocycles. The van der Waals surface area contributed by atoms with Crippen molar-refractivity contribution in [2.24, 2.45) is 0 Å². The van der Waals surface area contributed by atoms with Crippen LogP contribution in [0.25, 0.3) is 0 Å². The van der Waals surface area contributed by atoms with Gasteiger partial charge in [0, 0.05) is 18.7 Å². The highest BCUT2D eigenvalue weighted by Gasteiger charge is 2.15. The maximum absolute atomic E-state index is 13.0. The number of benzene rings is 2. The minimum absolute atomic E-state index is 0.290. The Morgan fingerprint density at radius 3 is 2.43 bits per heavy atom. The number of carbonyl (C=O) groups excluding carboxylic acids is 1. The van der Waals surface area contributed by atoms with Crippen molar-refractivity contribution in [2.45, 2.75) is 12.8 Å². The normalized spacial score (nSPS) is 13.4. The number of amides is 1. The summed E-state index contributed by atoms with van der Waals surface area (Å²) in [6.07, 6.45) is 5.52. The molecule has 0 radical (unpaired) electrons. The van der Waals surface area contributed by atoms with Crippen LogP contribution in [0.5, 0.6) is 11.5 Å². The highest BCUT2D eigenvalue weighted by Crippen LogP contribution is 2.23. The van der Waals surface area contributed by atoms with E-state index in [1.807, 2.05) is 0 Å². The van der Waals surface area contributed by atoms with E-state index in [9.17, 15) is 9.18 Å². The molecular formula is C21H19FN4O2. The molecule has 1 aliphatic heterocycles. The Hall–Kier alpha value is -3.48. The van der Waals surface area contributed by atoms with E-state index in [1.165, 1.54) is 24.3 Å². The van der Waals surface area contributed by atoms with Gasteiger partial charge in [0.05, 0.1) is 18.1 Å². The van der Waals surface area contributed by atoms with E-state index in [0.717, 1.165) is 25.9 Å². The van der Waals surface area contributed by atoms with Crippen LogP contribution >= 0.6 is 0 Å². The number of hydrogen-bond acceptors (Lipinski definition) is 5. The first-order valence-electron chi connectivity index (χ1n) is 9.09. The van der Waals surface area contributed by atoms with Gasteiger partial charge >= 0.3 is 0 Å². The third kappa shape index (κ3) is 4.25. The van der Waals surface area contributed by atoms with Crippen LogP contribution in [0.4, 0.5) is 16.0 Å². The standard InChI is InChI=1S/C21H19FN4O2/c22-16-6-8-18(9-7-16)28-19-5-3-4-15(12-19)20(27)25-17-13-23-21(24-14-17)26-10-1-2-11-26/h3-9,12-14H,1-2,10-11H2,(H,25,27). The molecule has 142 valence electrons. The number of halogens is 1. The lowest BCUT2D eigenvalue weighted by Gasteiger charge is -2.14. The fourth-order valence-corrected chi connectivity index (χ4v) is 3.01. The van der Waals surface area contributed by atoms with Crippen molar-refractivity contribution in [3.05, 3.63) is 72.3 Å². The van der Waals surface area contributed by atoms with E-state index in [2.05, 4.69) is 20.2 Å². The molecule has 0 bridgehead atoms. The molecule has 3 aromatic rings. The lowest BCUT2D eigenvalue weighted by molar-refractivity contribution is 0.102. The minimum atomic E-state index is -0.335. The molecule has 6 nitrogen and oxygen atoms in total. The van der Waals surface area contributed by atoms with Crippen LogP contribution in [0.2, 0.25) is 0 Å². The number of rotatable bonds is 5. The summed E-state index contributed by atoms with van der Waals surface area (Å²) >= 11 is 0. The van der Waals surface area contributed by atoms with E-state index in [-0.39, 0.29) is 11.7 Å². The average molecular weight is 378 g/mol. The van der Waals surface area contributed by atoms with Gasteiger partial charge in [0.1, 0.15) is 17.3 Å². The molecule has 7 heteroatoms. The fraction of sp³-hybridized carbons (Fsp3) is 0.190. The lowest BCUT2D eigenvalue weighted by atomic mass is 10.2. The predicted molar refractivity (Wildman–Crippen MR) is 104 cm³/mol. The third-order valence-corrected chi connectivity index (χ3v) is 4.43. The van der Waals surface area contributed by atoms with Crippen LogP contribution in [0.3, 0.4) is 0 Å². The molecule has 2 aromatic carbocycles. The molecule has 0 aliphatic carbocycles. The number of anilines is 2. The Kier molecular flexibility index (Phi) is 5.14. The van der Waals surface area contributed by atoms with Gasteiger partial charge in [-0.1, -0.05) is 6.07 Å². The zero-order valence-corrected chi connectivity index (χ0v) is 15.1. The summed E-state index contributed by atoms with van der Waals surface area (Å²) in [7, 11) is 0. The van der Waals surface area contributed by atoms with Crippen molar-refractivity contribution in [1.82, 2.24) is 9.97 Å². The van der Waals surface area contributed by atoms with Gasteiger partial charge in [0.25, 0.3) is 5.91 Å². The van der Waals surface area contributed by atoms with E-state index < -0.39 is 0 Å². The second kappa shape index (κ2) is 8.04. The molecule has 1 fully saturated rings. The summed E-state index contributed by atoms with van der Waals surface area (Å²) in [6.45, 7) is 1.93. The van der Waals surface area contributed by atoms with Crippen LogP contribution < -0.4 is 15.0 Å². The largest absolute Gasteiger partial charge is 0.457 e. The number of aromatic nitrogens is 2. The van der Waals surface area contributed by atoms with Gasteiger partial charge in [-0.2, -0.15) is 0 Å². The van der Waals surface area contributed by atoms with Crippen LogP contribution in [0, 0.1) is 5.82 Å². The first-order valence-corrected chi connectivity index (χ1v) is 9.09. The Balaban J connectivity index is 1.42. The summed E-state index contributed by atoms with van der Waals surface area (Å²) in [6, 6.07) is 12.5. The number of hydrogen-bond donors (Lipinski definition) is 1. The molecule has 1 aliphatic rings. The maximum atomic E-state index is 13.0. The Labute approximate surface area is 162 Å². The average Bonchev–Trinajstić information content (AvgIpc) is 3.25. The molecule has 1 amide bonds. The summed E-state index contributed by atoms with van der Waals surface area (Å²) in [5.74, 6) is 1.04. The van der Waals surface area contributed by atoms with Gasteiger partial charge < -0.3 is 15.0 Å². The molecule has 0 spiro atoms. The van der Waals surface area contributed by atoms with E-state index in [0.29, 0.717) is 28.7 Å². The maximum Gasteiger partial charge on any atom is 0.255 e. The molecule has 1 saturated heterocycles. The molecule has 0 unspecified atom stereocenters. The van der Waals surface area contributed by atoms with Gasteiger partial charge in [-0.05, 0) is 55.3 Å². The van der Waals surface area contributed by atoms with Crippen molar-refractivity contribution in [1.29, 1.82) is 0 Å². The number of nitrogens with one attached hydrogen (secondary N) is 1. The zero-order chi connectivity index (χ0) is 19.3. The molecule has 28 heavy (non-hydrogen) atoms. The van der Waals surface area contributed by atoms with Crippen molar-refractivity contribution >= 4 is 17.5 Å². The minimum Gasteiger partial charge on any atom is -0.457 e. The molecular weight excluding hydrogens is 359 g/mol. The molecule has 4 rings (SSSR count). The topological polar surface area (TPSA) is 67.4 Å². The van der Waals surface area contributed by atoms with Gasteiger partial charge in [0.15, 0.2) is 0 Å². The Bertz CT molecular complexity index is 955. The van der Waals surface area contributed by atoms with Crippen LogP contribution in [0.1, 0.15) is 23.2 Å². The van der Waals surface area contributed by atoms with Gasteiger partial charge in [-0.25, -0.2) is 14.4 Å². The molecule has 1 N–H and O–H groups in total. The van der Waals surface area contributed by atoms with Crippen LogP contribution in [-0.4, -0.2) is 29.0 Å². The first kappa shape index (κ1) is 17.9. The fourth-order valence-electron chi connectivity index (χ4n) is 3.01. The summed E-state index contributed by atoms with van der Waals surface area (Å²) in [5.41, 5.74) is 0.959. The molecule has 0 saturated carbocycles. The van der Waals surface area contributed by atoms with Gasteiger partial charge in [-0.15, -0.1) is 0 Å². The first-order chi connectivity index (χ1) is 13.7. The predicted octanol–water partition coefficient (Wildman–Crippen LogP) is 4.26. The van der Waals surface area contributed by atoms with Crippen LogP contribution in [0.15, 0.2) is 60.9 Å². The van der Waals surface area contributed by atoms with E-state index >= 15 is 0 Å². The number of ether oxygens (including phenoxy) is 1. The summed E-state index contributed by atoms with van der Waals surface area (Å²) in [5, 5.41) is 2.79. The quantitative estimate of drug-likeness (QED) is 0.718. The van der Waals surface area contributed by atoms with Crippen LogP contribution in [-0.2, 0) is 0 Å². The molecule has 0 atom stereocenters. The molecule has 2 heterocycles. The monoisotopic (exact) mass is 378 g/mol. The SMILES string of the molecule is O=C(Nc1cnc(N2CCCC2)nc1)c1cccc(Oc2ccc(F)cc2)c1. The smallest absolute Gasteiger partial charge is 0.255 e. The highest BCUT2D eigenvalue weighted by molar-refractivity contribution is 6.04. The summed E-state index contributed by atoms with van der Waals surface area (Å²) in [4.78, 5) is 23.3. The zero-order valence-electron chi connectivity index (χ0n) is 15.1. The van der Waals surface area contributed by atoms with Crippen molar-refractivity contribution in [3.8, 4) is 11.5 Å². The Morgan fingerprint density at radius 2 is 1.71 bits per heavy atom. The van der Waals surface area contributed by atoms with Crippen molar-refractivity contribution in [3.63, 3.8) is 0 Å². The highest BCUT2D eigenvalue weighted by atomic mass is 19.1. The second-order valence-electron chi connectivity index (χ2n) is 6.50. The third-order valence-electron chi connectivity index (χ3n) is 4.43. The van der Waals surface area contributed by atoms with Gasteiger partial charge in [-0.3, -0.25) is 4.79 Å². The number of carbonyl (C=O) groups is 1.